The van der Waals surface area contributed by atoms with Crippen LogP contribution in [0.3, 0.4) is 0 Å². The van der Waals surface area contributed by atoms with Gasteiger partial charge in [-0.3, -0.25) is 9.78 Å². The zero-order valence-electron chi connectivity index (χ0n) is 13.8. The zero-order chi connectivity index (χ0) is 21.6. The summed E-state index contributed by atoms with van der Waals surface area (Å²) in [5, 5.41) is 2.16. The number of alkyl halides is 6. The molecule has 2 aromatic heterocycles. The first-order valence-corrected chi connectivity index (χ1v) is 9.82. The Kier molecular flexibility index (Phi) is 5.23. The van der Waals surface area contributed by atoms with Gasteiger partial charge in [-0.15, -0.1) is 0 Å². The van der Waals surface area contributed by atoms with Gasteiger partial charge in [0, 0.05) is 17.4 Å². The summed E-state index contributed by atoms with van der Waals surface area (Å²) >= 11 is 0.376. The number of amides is 1. The number of aromatic nitrogens is 2. The molecule has 1 fully saturated rings. The summed E-state index contributed by atoms with van der Waals surface area (Å²) in [6, 6.07) is 1.65. The molecule has 2 aromatic rings. The monoisotopic (exact) mass is 461 g/mol. The Labute approximate surface area is 163 Å². The lowest BCUT2D eigenvalue weighted by Crippen LogP contribution is -2.28. The molecule has 1 aliphatic carbocycles. The molecule has 3 rings (SSSR count). The second-order valence-corrected chi connectivity index (χ2v) is 8.18. The Morgan fingerprint density at radius 3 is 2.41 bits per heavy atom. The van der Waals surface area contributed by atoms with Crippen molar-refractivity contribution in [3.8, 4) is 5.88 Å². The number of rotatable bonds is 5. The van der Waals surface area contributed by atoms with Gasteiger partial charge in [0.25, 0.3) is 5.91 Å². The molecule has 2 heterocycles. The number of hydrogen-bond acceptors (Lipinski definition) is 7. The summed E-state index contributed by atoms with van der Waals surface area (Å²) in [6.45, 7) is 0. The second-order valence-electron chi connectivity index (χ2n) is 5.87. The van der Waals surface area contributed by atoms with Crippen molar-refractivity contribution in [1.29, 1.82) is 0 Å². The lowest BCUT2D eigenvalue weighted by atomic mass is 10.1. The van der Waals surface area contributed by atoms with Crippen LogP contribution < -0.4 is 9.50 Å². The van der Waals surface area contributed by atoms with E-state index in [-0.39, 0.29) is 16.1 Å². The fourth-order valence-electron chi connectivity index (χ4n) is 2.24. The van der Waals surface area contributed by atoms with Crippen LogP contribution in [-0.4, -0.2) is 29.2 Å². The van der Waals surface area contributed by atoms with Crippen LogP contribution in [0.15, 0.2) is 18.3 Å². The standard InChI is InChI=1S/C14H9F6N3O4S2/c15-13(16,17)8-5-7(3-4-21-8)22-11(24)10-9(6-1-2-6)12(23-28-10)27-29(25,26)14(18,19)20/h3-6H,1-2H2,(H,21,22,24). The lowest BCUT2D eigenvalue weighted by Gasteiger charge is -2.10. The molecular formula is C14H9F6N3O4S2. The maximum Gasteiger partial charge on any atom is 0.534 e. The van der Waals surface area contributed by atoms with Crippen LogP contribution in [0, 0.1) is 0 Å². The van der Waals surface area contributed by atoms with Gasteiger partial charge in [0.15, 0.2) is 0 Å². The molecular weight excluding hydrogens is 452 g/mol. The topological polar surface area (TPSA) is 98.2 Å². The van der Waals surface area contributed by atoms with E-state index in [4.69, 9.17) is 0 Å². The van der Waals surface area contributed by atoms with E-state index in [9.17, 15) is 39.6 Å². The Morgan fingerprint density at radius 1 is 1.21 bits per heavy atom. The number of carbonyl (C=O) groups is 1. The number of nitrogens with one attached hydrogen (secondary N) is 1. The molecule has 0 bridgehead atoms. The highest BCUT2D eigenvalue weighted by Gasteiger charge is 2.50. The van der Waals surface area contributed by atoms with Crippen molar-refractivity contribution in [3.63, 3.8) is 0 Å². The van der Waals surface area contributed by atoms with Gasteiger partial charge in [0.2, 0.25) is 5.88 Å². The molecule has 0 aromatic carbocycles. The van der Waals surface area contributed by atoms with Crippen LogP contribution in [0.1, 0.15) is 39.7 Å². The Morgan fingerprint density at radius 2 is 1.86 bits per heavy atom. The fraction of sp³-hybridized carbons (Fsp3) is 0.357. The second kappa shape index (κ2) is 7.12. The highest BCUT2D eigenvalue weighted by Crippen LogP contribution is 2.48. The number of pyridine rings is 1. The van der Waals surface area contributed by atoms with E-state index in [0.29, 0.717) is 30.4 Å². The highest BCUT2D eigenvalue weighted by atomic mass is 32.2. The van der Waals surface area contributed by atoms with E-state index in [2.05, 4.69) is 18.9 Å². The minimum atomic E-state index is -5.99. The zero-order valence-corrected chi connectivity index (χ0v) is 15.5. The van der Waals surface area contributed by atoms with Gasteiger partial charge < -0.3 is 9.50 Å². The van der Waals surface area contributed by atoms with Gasteiger partial charge in [-0.05, 0) is 42.4 Å². The Balaban J connectivity index is 1.88. The molecule has 1 aliphatic rings. The number of halogens is 6. The molecule has 7 nitrogen and oxygen atoms in total. The third kappa shape index (κ3) is 4.60. The van der Waals surface area contributed by atoms with Crippen molar-refractivity contribution < 1.29 is 43.7 Å². The molecule has 1 N–H and O–H groups in total. The number of nitrogens with zero attached hydrogens (tertiary/aromatic N) is 2. The van der Waals surface area contributed by atoms with Crippen LogP contribution in [0.25, 0.3) is 0 Å². The van der Waals surface area contributed by atoms with Crippen LogP contribution >= 0.6 is 11.5 Å². The van der Waals surface area contributed by atoms with Gasteiger partial charge in [0.1, 0.15) is 10.6 Å². The molecule has 0 unspecified atom stereocenters. The molecule has 158 valence electrons. The predicted molar refractivity (Wildman–Crippen MR) is 86.9 cm³/mol. The highest BCUT2D eigenvalue weighted by molar-refractivity contribution is 7.88. The van der Waals surface area contributed by atoms with E-state index in [1.54, 1.807) is 0 Å². The van der Waals surface area contributed by atoms with Crippen molar-refractivity contribution in [2.75, 3.05) is 5.32 Å². The van der Waals surface area contributed by atoms with Crippen molar-refractivity contribution in [1.82, 2.24) is 9.36 Å². The molecule has 0 spiro atoms. The van der Waals surface area contributed by atoms with Crippen molar-refractivity contribution >= 4 is 33.2 Å². The van der Waals surface area contributed by atoms with E-state index in [1.165, 1.54) is 0 Å². The van der Waals surface area contributed by atoms with Crippen LogP contribution in [0.5, 0.6) is 5.88 Å². The quantitative estimate of drug-likeness (QED) is 0.412. The van der Waals surface area contributed by atoms with E-state index < -0.39 is 45.2 Å². The summed E-state index contributed by atoms with van der Waals surface area (Å²) < 4.78 is 106. The third-order valence-electron chi connectivity index (χ3n) is 3.67. The normalized spacial score (nSPS) is 15.2. The summed E-state index contributed by atoms with van der Waals surface area (Å²) in [6.07, 6.45) is -3.03. The maximum atomic E-state index is 12.7. The van der Waals surface area contributed by atoms with Gasteiger partial charge >= 0.3 is 21.8 Å². The molecule has 0 radical (unpaired) electrons. The first kappa shape index (κ1) is 21.3. The molecule has 0 aliphatic heterocycles. The largest absolute Gasteiger partial charge is 0.534 e. The molecule has 0 saturated heterocycles. The first-order chi connectivity index (χ1) is 13.3. The van der Waals surface area contributed by atoms with Gasteiger partial charge in [-0.2, -0.15) is 39.1 Å². The van der Waals surface area contributed by atoms with Gasteiger partial charge in [-0.25, -0.2) is 0 Å². The first-order valence-electron chi connectivity index (χ1n) is 7.64. The summed E-state index contributed by atoms with van der Waals surface area (Å²) in [7, 11) is -5.99. The van der Waals surface area contributed by atoms with Crippen LogP contribution in [0.2, 0.25) is 0 Å². The Bertz CT molecular complexity index is 1040. The van der Waals surface area contributed by atoms with Crippen molar-refractivity contribution in [2.24, 2.45) is 0 Å². The smallest absolute Gasteiger partial charge is 0.354 e. The van der Waals surface area contributed by atoms with E-state index >= 15 is 0 Å². The van der Waals surface area contributed by atoms with Gasteiger partial charge in [0.05, 0.1) is 0 Å². The summed E-state index contributed by atoms with van der Waals surface area (Å²) in [4.78, 5) is 15.3. The number of carbonyl (C=O) groups excluding carboxylic acids is 1. The minimum absolute atomic E-state index is 0.134. The fourth-order valence-corrected chi connectivity index (χ4v) is 3.51. The lowest BCUT2D eigenvalue weighted by molar-refractivity contribution is -0.141. The average Bonchev–Trinajstić information content (AvgIpc) is 3.33. The van der Waals surface area contributed by atoms with E-state index in [1.807, 2.05) is 0 Å². The third-order valence-corrected chi connectivity index (χ3v) is 5.46. The molecule has 1 amide bonds. The van der Waals surface area contributed by atoms with E-state index in [0.717, 1.165) is 12.3 Å². The van der Waals surface area contributed by atoms with Crippen molar-refractivity contribution in [2.45, 2.75) is 30.4 Å². The molecule has 1 saturated carbocycles. The summed E-state index contributed by atoms with van der Waals surface area (Å²) in [5.74, 6) is -2.29. The molecule has 29 heavy (non-hydrogen) atoms. The minimum Gasteiger partial charge on any atom is -0.354 e. The number of anilines is 1. The summed E-state index contributed by atoms with van der Waals surface area (Å²) in [5.41, 5.74) is -7.35. The van der Waals surface area contributed by atoms with Crippen molar-refractivity contribution in [3.05, 3.63) is 34.5 Å². The molecule has 0 atom stereocenters. The predicted octanol–water partition coefficient (Wildman–Crippen LogP) is 3.92. The number of hydrogen-bond donors (Lipinski definition) is 1. The van der Waals surface area contributed by atoms with Gasteiger partial charge in [-0.1, -0.05) is 0 Å². The molecule has 15 heteroatoms. The average molecular weight is 461 g/mol. The SMILES string of the molecule is O=C(Nc1ccnc(C(F)(F)F)c1)c1snc(OS(=O)(=O)C(F)(F)F)c1C1CC1. The maximum absolute atomic E-state index is 12.7. The Hall–Kier alpha value is -2.42. The van der Waals surface area contributed by atoms with Crippen LogP contribution in [-0.2, 0) is 16.3 Å². The van der Waals surface area contributed by atoms with Crippen LogP contribution in [0.4, 0.5) is 32.0 Å².